The largest absolute Gasteiger partial charge is 0.411 e. The summed E-state index contributed by atoms with van der Waals surface area (Å²) in [6.45, 7) is 17.0. The smallest absolute Gasteiger partial charge is 0.192 e. The summed E-state index contributed by atoms with van der Waals surface area (Å²) < 4.78 is 6.11. The summed E-state index contributed by atoms with van der Waals surface area (Å²) >= 11 is 0. The van der Waals surface area contributed by atoms with E-state index < -0.39 is 8.32 Å². The van der Waals surface area contributed by atoms with Gasteiger partial charge >= 0.3 is 0 Å². The highest BCUT2D eigenvalue weighted by atomic mass is 28.4. The third-order valence-electron chi connectivity index (χ3n) is 2.80. The first kappa shape index (κ1) is 13.7. The van der Waals surface area contributed by atoms with Crippen molar-refractivity contribution in [3.63, 3.8) is 0 Å². The van der Waals surface area contributed by atoms with Crippen molar-refractivity contribution < 1.29 is 4.43 Å². The molecule has 2 heteroatoms. The molecule has 0 aromatic carbocycles. The van der Waals surface area contributed by atoms with Crippen molar-refractivity contribution in [2.24, 2.45) is 0 Å². The zero-order valence-electron chi connectivity index (χ0n) is 10.4. The second-order valence-electron chi connectivity index (χ2n) is 5.20. The Balaban J connectivity index is 4.36. The van der Waals surface area contributed by atoms with Gasteiger partial charge in [0.15, 0.2) is 8.32 Å². The summed E-state index contributed by atoms with van der Waals surface area (Å²) in [5.41, 5.74) is 0. The predicted molar refractivity (Wildman–Crippen MR) is 67.1 cm³/mol. The molecule has 0 heterocycles. The first-order valence-corrected chi connectivity index (χ1v) is 8.08. The van der Waals surface area contributed by atoms with Gasteiger partial charge in [0.05, 0.1) is 6.10 Å². The summed E-state index contributed by atoms with van der Waals surface area (Å²) in [6.07, 6.45) is 5.96. The van der Waals surface area contributed by atoms with E-state index in [1.165, 1.54) is 0 Å². The number of hydrogen-bond acceptors (Lipinski definition) is 1. The Morgan fingerprint density at radius 1 is 1.29 bits per heavy atom. The average Bonchev–Trinajstić information content (AvgIpc) is 1.97. The fraction of sp³-hybridized carbons (Fsp3) is 0.667. The van der Waals surface area contributed by atoms with E-state index in [1.54, 1.807) is 6.08 Å². The quantitative estimate of drug-likeness (QED) is 0.503. The van der Waals surface area contributed by atoms with Crippen LogP contribution in [0.25, 0.3) is 0 Å². The van der Waals surface area contributed by atoms with Crippen LogP contribution in [0.5, 0.6) is 0 Å². The normalized spacial score (nSPS) is 15.9. The molecule has 0 bridgehead atoms. The summed E-state index contributed by atoms with van der Waals surface area (Å²) in [5.74, 6) is 0. The second-order valence-corrected chi connectivity index (χ2v) is 9.96. The first-order chi connectivity index (χ1) is 6.20. The van der Waals surface area contributed by atoms with E-state index >= 15 is 0 Å². The van der Waals surface area contributed by atoms with Crippen molar-refractivity contribution in [3.05, 3.63) is 24.8 Å². The van der Waals surface area contributed by atoms with Gasteiger partial charge in [-0.2, -0.15) is 0 Å². The van der Waals surface area contributed by atoms with Crippen LogP contribution in [0.4, 0.5) is 0 Å². The molecular weight excluding hydrogens is 188 g/mol. The Kier molecular flexibility index (Phi) is 4.82. The lowest BCUT2D eigenvalue weighted by Crippen LogP contribution is -2.42. The molecule has 0 aromatic heterocycles. The topological polar surface area (TPSA) is 9.23 Å². The Morgan fingerprint density at radius 3 is 2.14 bits per heavy atom. The fourth-order valence-corrected chi connectivity index (χ4v) is 2.28. The molecule has 0 amide bonds. The molecule has 0 aromatic rings. The van der Waals surface area contributed by atoms with Gasteiger partial charge < -0.3 is 4.43 Å². The Labute approximate surface area is 90.0 Å². The van der Waals surface area contributed by atoms with Crippen LogP contribution in [0, 0.1) is 0 Å². The van der Waals surface area contributed by atoms with Crippen LogP contribution >= 0.6 is 0 Å². The van der Waals surface area contributed by atoms with E-state index in [-0.39, 0.29) is 11.1 Å². The van der Waals surface area contributed by atoms with E-state index in [9.17, 15) is 0 Å². The predicted octanol–water partition coefficient (Wildman–Crippen LogP) is 4.14. The summed E-state index contributed by atoms with van der Waals surface area (Å²) in [4.78, 5) is 0. The molecule has 14 heavy (non-hydrogen) atoms. The maximum atomic E-state index is 6.11. The molecule has 0 fully saturated rings. The van der Waals surface area contributed by atoms with Gasteiger partial charge in [-0.3, -0.25) is 0 Å². The Hall–Kier alpha value is -0.343. The molecule has 0 N–H and O–H groups in total. The third-order valence-corrected chi connectivity index (χ3v) is 7.38. The van der Waals surface area contributed by atoms with Gasteiger partial charge in [0.2, 0.25) is 0 Å². The minimum absolute atomic E-state index is 0.189. The molecule has 0 aliphatic rings. The maximum absolute atomic E-state index is 6.11. The minimum atomic E-state index is -1.60. The van der Waals surface area contributed by atoms with Crippen LogP contribution in [0.2, 0.25) is 18.1 Å². The molecule has 0 unspecified atom stereocenters. The van der Waals surface area contributed by atoms with E-state index in [4.69, 9.17) is 4.43 Å². The number of allylic oxidation sites excluding steroid dienone is 2. The fourth-order valence-electron chi connectivity index (χ4n) is 0.916. The molecule has 0 spiro atoms. The molecule has 0 radical (unpaired) electrons. The Bertz CT molecular complexity index is 211. The highest BCUT2D eigenvalue weighted by molar-refractivity contribution is 6.74. The van der Waals surface area contributed by atoms with Crippen molar-refractivity contribution in [2.45, 2.75) is 51.9 Å². The van der Waals surface area contributed by atoms with Crippen molar-refractivity contribution in [1.82, 2.24) is 0 Å². The lowest BCUT2D eigenvalue weighted by atomic mass is 10.2. The summed E-state index contributed by atoms with van der Waals surface area (Å²) in [6, 6.07) is 0. The van der Waals surface area contributed by atoms with Crippen molar-refractivity contribution >= 4 is 8.32 Å². The number of rotatable bonds is 4. The molecule has 0 aliphatic carbocycles. The van der Waals surface area contributed by atoms with Gasteiger partial charge in [0.1, 0.15) is 0 Å². The zero-order valence-corrected chi connectivity index (χ0v) is 11.4. The minimum Gasteiger partial charge on any atom is -0.411 e. The molecule has 1 atom stereocenters. The average molecular weight is 212 g/mol. The number of hydrogen-bond donors (Lipinski definition) is 0. The van der Waals surface area contributed by atoms with E-state index in [0.717, 1.165) is 0 Å². The highest BCUT2D eigenvalue weighted by Crippen LogP contribution is 2.37. The molecule has 0 saturated heterocycles. The van der Waals surface area contributed by atoms with Gasteiger partial charge in [-0.15, -0.1) is 0 Å². The van der Waals surface area contributed by atoms with Crippen molar-refractivity contribution in [1.29, 1.82) is 0 Å². The SMILES string of the molecule is C=C/C=C/[C@@H](C)O[Si](C)(C)C(C)(C)C. The Morgan fingerprint density at radius 2 is 1.79 bits per heavy atom. The van der Waals surface area contributed by atoms with Crippen LogP contribution in [-0.4, -0.2) is 14.4 Å². The second kappa shape index (κ2) is 4.94. The summed E-state index contributed by atoms with van der Waals surface area (Å²) in [7, 11) is -1.60. The van der Waals surface area contributed by atoms with E-state index in [1.807, 2.05) is 12.2 Å². The van der Waals surface area contributed by atoms with Gasteiger partial charge in [0, 0.05) is 0 Å². The van der Waals surface area contributed by atoms with Crippen molar-refractivity contribution in [3.8, 4) is 0 Å². The maximum Gasteiger partial charge on any atom is 0.192 e. The molecule has 0 saturated carbocycles. The van der Waals surface area contributed by atoms with Crippen LogP contribution in [0.1, 0.15) is 27.7 Å². The van der Waals surface area contributed by atoms with Gasteiger partial charge in [-0.05, 0) is 25.1 Å². The van der Waals surface area contributed by atoms with Gasteiger partial charge in [-0.25, -0.2) is 0 Å². The molecule has 82 valence electrons. The zero-order chi connectivity index (χ0) is 11.4. The van der Waals surface area contributed by atoms with E-state index in [0.29, 0.717) is 0 Å². The molecule has 0 aliphatic heterocycles. The monoisotopic (exact) mass is 212 g/mol. The molecule has 1 nitrogen and oxygen atoms in total. The van der Waals surface area contributed by atoms with Gasteiger partial charge in [-0.1, -0.05) is 45.6 Å². The lowest BCUT2D eigenvalue weighted by molar-refractivity contribution is 0.243. The molecule has 0 rings (SSSR count). The van der Waals surface area contributed by atoms with Crippen LogP contribution in [0.15, 0.2) is 24.8 Å². The summed E-state index contributed by atoms with van der Waals surface area (Å²) in [5, 5.41) is 0.281. The van der Waals surface area contributed by atoms with Crippen molar-refractivity contribution in [2.75, 3.05) is 0 Å². The third kappa shape index (κ3) is 4.25. The standard InChI is InChI=1S/C12H24OSi/c1-8-9-10-11(2)13-14(6,7)12(3,4)5/h8-11H,1H2,2-7H3/b10-9+/t11-/m1/s1. The van der Waals surface area contributed by atoms with Gasteiger partial charge in [0.25, 0.3) is 0 Å². The molecular formula is C12H24OSi. The highest BCUT2D eigenvalue weighted by Gasteiger charge is 2.37. The van der Waals surface area contributed by atoms with Crippen LogP contribution in [-0.2, 0) is 4.43 Å². The van der Waals surface area contributed by atoms with Crippen LogP contribution in [0.3, 0.4) is 0 Å². The van der Waals surface area contributed by atoms with E-state index in [2.05, 4.69) is 47.4 Å². The lowest BCUT2D eigenvalue weighted by Gasteiger charge is -2.37. The van der Waals surface area contributed by atoms with Crippen LogP contribution < -0.4 is 0 Å². The first-order valence-electron chi connectivity index (χ1n) is 5.18.